The van der Waals surface area contributed by atoms with Gasteiger partial charge in [-0.15, -0.1) is 0 Å². The van der Waals surface area contributed by atoms with E-state index in [-0.39, 0.29) is 22.3 Å². The zero-order valence-electron chi connectivity index (χ0n) is 10.2. The second kappa shape index (κ2) is 5.97. The van der Waals surface area contributed by atoms with Crippen LogP contribution in [0.1, 0.15) is 5.56 Å². The molecule has 20 heavy (non-hydrogen) atoms. The van der Waals surface area contributed by atoms with Crippen LogP contribution in [-0.4, -0.2) is 13.4 Å². The molecule has 0 saturated heterocycles. The maximum atomic E-state index is 12.2. The number of nitrogens with two attached hydrogens (primary N) is 1. The molecule has 0 amide bonds. The van der Waals surface area contributed by atoms with E-state index in [4.69, 9.17) is 28.9 Å². The highest BCUT2D eigenvalue weighted by atomic mass is 35.5. The Morgan fingerprint density at radius 1 is 1.20 bits per heavy atom. The average molecular weight is 332 g/mol. The highest BCUT2D eigenvalue weighted by molar-refractivity contribution is 7.92. The van der Waals surface area contributed by atoms with Crippen LogP contribution in [0.2, 0.25) is 10.0 Å². The minimum absolute atomic E-state index is 0.0454. The van der Waals surface area contributed by atoms with Crippen molar-refractivity contribution in [2.24, 2.45) is 5.73 Å². The third kappa shape index (κ3) is 3.21. The van der Waals surface area contributed by atoms with Crippen molar-refractivity contribution < 1.29 is 8.42 Å². The standard InChI is InChI=1S/C12H11Cl2N3O2S/c13-10-4-3-9(6-8(10)7-15)20(18,19)17-12-11(14)2-1-5-16-12/h1-6H,7,15H2,(H,16,17). The molecule has 0 saturated carbocycles. The van der Waals surface area contributed by atoms with Gasteiger partial charge in [0.25, 0.3) is 10.0 Å². The molecule has 1 aromatic heterocycles. The molecule has 0 spiro atoms. The van der Waals surface area contributed by atoms with E-state index in [1.54, 1.807) is 12.1 Å². The Morgan fingerprint density at radius 2 is 1.95 bits per heavy atom. The van der Waals surface area contributed by atoms with E-state index in [1.165, 1.54) is 24.4 Å². The van der Waals surface area contributed by atoms with Gasteiger partial charge in [0.1, 0.15) is 0 Å². The molecule has 1 aromatic carbocycles. The van der Waals surface area contributed by atoms with Crippen molar-refractivity contribution in [3.63, 3.8) is 0 Å². The fraction of sp³-hybridized carbons (Fsp3) is 0.0833. The second-order valence-electron chi connectivity index (χ2n) is 3.90. The summed E-state index contributed by atoms with van der Waals surface area (Å²) in [5.41, 5.74) is 6.05. The number of rotatable bonds is 4. The van der Waals surface area contributed by atoms with Crippen molar-refractivity contribution in [1.82, 2.24) is 4.98 Å². The fourth-order valence-corrected chi connectivity index (χ4v) is 3.02. The molecule has 2 rings (SSSR count). The molecule has 106 valence electrons. The molecule has 0 unspecified atom stereocenters. The number of pyridine rings is 1. The van der Waals surface area contributed by atoms with Gasteiger partial charge in [-0.25, -0.2) is 13.4 Å². The number of nitrogens with one attached hydrogen (secondary N) is 1. The zero-order valence-corrected chi connectivity index (χ0v) is 12.5. The Kier molecular flexibility index (Phi) is 4.49. The first-order valence-corrected chi connectivity index (χ1v) is 7.80. The van der Waals surface area contributed by atoms with Gasteiger partial charge in [-0.2, -0.15) is 0 Å². The number of aromatic nitrogens is 1. The van der Waals surface area contributed by atoms with Crippen LogP contribution in [0.3, 0.4) is 0 Å². The quantitative estimate of drug-likeness (QED) is 0.901. The first-order chi connectivity index (χ1) is 9.44. The largest absolute Gasteiger partial charge is 0.326 e. The third-order valence-electron chi connectivity index (χ3n) is 2.54. The predicted octanol–water partition coefficient (Wildman–Crippen LogP) is 2.65. The molecule has 0 bridgehead atoms. The Bertz CT molecular complexity index is 735. The van der Waals surface area contributed by atoms with Gasteiger partial charge in [0.15, 0.2) is 5.82 Å². The number of sulfonamides is 1. The van der Waals surface area contributed by atoms with E-state index in [0.29, 0.717) is 10.6 Å². The van der Waals surface area contributed by atoms with E-state index in [9.17, 15) is 8.42 Å². The van der Waals surface area contributed by atoms with Crippen LogP contribution in [0.5, 0.6) is 0 Å². The summed E-state index contributed by atoms with van der Waals surface area (Å²) in [6, 6.07) is 7.44. The minimum atomic E-state index is -3.80. The van der Waals surface area contributed by atoms with Gasteiger partial charge < -0.3 is 5.73 Å². The zero-order chi connectivity index (χ0) is 14.8. The van der Waals surface area contributed by atoms with Gasteiger partial charge in [0, 0.05) is 17.8 Å². The number of nitrogens with zero attached hydrogens (tertiary/aromatic N) is 1. The molecule has 1 heterocycles. The first kappa shape index (κ1) is 15.1. The third-order valence-corrected chi connectivity index (χ3v) is 4.55. The summed E-state index contributed by atoms with van der Waals surface area (Å²) in [5.74, 6) is 0.0680. The van der Waals surface area contributed by atoms with Gasteiger partial charge in [-0.3, -0.25) is 4.72 Å². The lowest BCUT2D eigenvalue weighted by Crippen LogP contribution is -2.15. The molecule has 0 atom stereocenters. The number of hydrogen-bond acceptors (Lipinski definition) is 4. The second-order valence-corrected chi connectivity index (χ2v) is 6.39. The lowest BCUT2D eigenvalue weighted by Gasteiger charge is -2.10. The summed E-state index contributed by atoms with van der Waals surface area (Å²) in [7, 11) is -3.80. The summed E-state index contributed by atoms with van der Waals surface area (Å²) in [6.07, 6.45) is 1.44. The van der Waals surface area contributed by atoms with Crippen LogP contribution in [0.15, 0.2) is 41.4 Å². The minimum Gasteiger partial charge on any atom is -0.326 e. The van der Waals surface area contributed by atoms with Crippen LogP contribution in [0, 0.1) is 0 Å². The average Bonchev–Trinajstić information content (AvgIpc) is 2.41. The highest BCUT2D eigenvalue weighted by Crippen LogP contribution is 2.24. The maximum absolute atomic E-state index is 12.2. The predicted molar refractivity (Wildman–Crippen MR) is 79.4 cm³/mol. The Balaban J connectivity index is 2.38. The summed E-state index contributed by atoms with van der Waals surface area (Å²) in [4.78, 5) is 3.92. The van der Waals surface area contributed by atoms with E-state index < -0.39 is 10.0 Å². The highest BCUT2D eigenvalue weighted by Gasteiger charge is 2.17. The normalized spacial score (nSPS) is 11.3. The molecule has 5 nitrogen and oxygen atoms in total. The van der Waals surface area contributed by atoms with Crippen molar-refractivity contribution >= 4 is 39.0 Å². The maximum Gasteiger partial charge on any atom is 0.263 e. The Labute approximate surface area is 126 Å². The van der Waals surface area contributed by atoms with E-state index in [1.807, 2.05) is 0 Å². The van der Waals surface area contributed by atoms with Crippen molar-refractivity contribution in [2.45, 2.75) is 11.4 Å². The molecule has 0 fully saturated rings. The summed E-state index contributed by atoms with van der Waals surface area (Å²) in [6.45, 7) is 0.145. The smallest absolute Gasteiger partial charge is 0.263 e. The van der Waals surface area contributed by atoms with Crippen molar-refractivity contribution in [2.75, 3.05) is 4.72 Å². The SMILES string of the molecule is NCc1cc(S(=O)(=O)Nc2ncccc2Cl)ccc1Cl. The fourth-order valence-electron chi connectivity index (χ4n) is 1.52. The van der Waals surface area contributed by atoms with Crippen LogP contribution < -0.4 is 10.5 Å². The van der Waals surface area contributed by atoms with E-state index >= 15 is 0 Å². The summed E-state index contributed by atoms with van der Waals surface area (Å²) in [5, 5.41) is 0.631. The molecule has 8 heteroatoms. The monoisotopic (exact) mass is 331 g/mol. The number of halogens is 2. The van der Waals surface area contributed by atoms with Crippen LogP contribution >= 0.6 is 23.2 Å². The number of hydrogen-bond donors (Lipinski definition) is 2. The van der Waals surface area contributed by atoms with Gasteiger partial charge in [-0.1, -0.05) is 23.2 Å². The molecule has 0 aliphatic heterocycles. The van der Waals surface area contributed by atoms with Crippen molar-refractivity contribution in [3.05, 3.63) is 52.1 Å². The molecular formula is C12H11Cl2N3O2S. The van der Waals surface area contributed by atoms with Crippen molar-refractivity contribution in [1.29, 1.82) is 0 Å². The number of benzene rings is 1. The molecule has 0 radical (unpaired) electrons. The topological polar surface area (TPSA) is 85.1 Å². The van der Waals surface area contributed by atoms with Crippen LogP contribution in [0.25, 0.3) is 0 Å². The first-order valence-electron chi connectivity index (χ1n) is 5.56. The number of anilines is 1. The molecule has 0 aliphatic rings. The Morgan fingerprint density at radius 3 is 2.60 bits per heavy atom. The van der Waals surface area contributed by atoms with E-state index in [2.05, 4.69) is 9.71 Å². The van der Waals surface area contributed by atoms with E-state index in [0.717, 1.165) is 0 Å². The van der Waals surface area contributed by atoms with Crippen molar-refractivity contribution in [3.8, 4) is 0 Å². The molecule has 2 aromatic rings. The van der Waals surface area contributed by atoms with Crippen LogP contribution in [-0.2, 0) is 16.6 Å². The molecule has 3 N–H and O–H groups in total. The van der Waals surface area contributed by atoms with Gasteiger partial charge in [0.2, 0.25) is 0 Å². The lowest BCUT2D eigenvalue weighted by atomic mass is 10.2. The molecule has 0 aliphatic carbocycles. The molecular weight excluding hydrogens is 321 g/mol. The summed E-state index contributed by atoms with van der Waals surface area (Å²) >= 11 is 11.8. The van der Waals surface area contributed by atoms with Gasteiger partial charge in [0.05, 0.1) is 9.92 Å². The van der Waals surface area contributed by atoms with Gasteiger partial charge in [-0.05, 0) is 35.9 Å². The van der Waals surface area contributed by atoms with Crippen LogP contribution in [0.4, 0.5) is 5.82 Å². The summed E-state index contributed by atoms with van der Waals surface area (Å²) < 4.78 is 26.8. The van der Waals surface area contributed by atoms with Gasteiger partial charge >= 0.3 is 0 Å². The Hall–Kier alpha value is -1.34. The lowest BCUT2D eigenvalue weighted by molar-refractivity contribution is 0.601.